The van der Waals surface area contributed by atoms with E-state index in [0.29, 0.717) is 0 Å². The summed E-state index contributed by atoms with van der Waals surface area (Å²) >= 11 is 1.69. The molecule has 0 aromatic carbocycles. The van der Waals surface area contributed by atoms with Gasteiger partial charge in [-0.3, -0.25) is 9.79 Å². The smallest absolute Gasteiger partial charge is 0.157 e. The number of thioether (sulfide) groups is 1. The van der Waals surface area contributed by atoms with Crippen LogP contribution in [-0.2, 0) is 4.79 Å². The molecule has 0 radical (unpaired) electrons. The Morgan fingerprint density at radius 2 is 2.21 bits per heavy atom. The Labute approximate surface area is 89.7 Å². The van der Waals surface area contributed by atoms with Gasteiger partial charge < -0.3 is 5.32 Å². The van der Waals surface area contributed by atoms with Crippen LogP contribution >= 0.6 is 11.8 Å². The van der Waals surface area contributed by atoms with E-state index in [1.54, 1.807) is 18.7 Å². The van der Waals surface area contributed by atoms with Gasteiger partial charge in [-0.15, -0.1) is 0 Å². The van der Waals surface area contributed by atoms with Crippen LogP contribution in [0.5, 0.6) is 0 Å². The first-order valence-electron chi connectivity index (χ1n) is 4.85. The zero-order valence-electron chi connectivity index (χ0n) is 9.26. The molecule has 0 saturated heterocycles. The van der Waals surface area contributed by atoms with Crippen LogP contribution in [0, 0.1) is 5.41 Å². The Bertz CT molecular complexity index is 255. The second kappa shape index (κ2) is 4.34. The van der Waals surface area contributed by atoms with E-state index < -0.39 is 0 Å². The van der Waals surface area contributed by atoms with E-state index in [0.717, 1.165) is 17.5 Å². The number of aliphatic imine (C=N–C) groups is 1. The van der Waals surface area contributed by atoms with Gasteiger partial charge in [0.1, 0.15) is 0 Å². The van der Waals surface area contributed by atoms with E-state index in [4.69, 9.17) is 0 Å². The lowest BCUT2D eigenvalue weighted by molar-refractivity contribution is -0.120. The predicted molar refractivity (Wildman–Crippen MR) is 61.8 cm³/mol. The Kier molecular flexibility index (Phi) is 3.59. The zero-order chi connectivity index (χ0) is 10.8. The van der Waals surface area contributed by atoms with Crippen molar-refractivity contribution in [1.29, 1.82) is 0 Å². The van der Waals surface area contributed by atoms with Crippen LogP contribution in [0.15, 0.2) is 4.99 Å². The Balaban J connectivity index is 2.65. The molecule has 1 unspecified atom stereocenters. The van der Waals surface area contributed by atoms with Gasteiger partial charge in [-0.2, -0.15) is 0 Å². The molecule has 0 bridgehead atoms. The second-order valence-corrected chi connectivity index (χ2v) is 5.67. The molecule has 80 valence electrons. The molecule has 3 nitrogen and oxygen atoms in total. The van der Waals surface area contributed by atoms with Gasteiger partial charge in [-0.1, -0.05) is 32.5 Å². The maximum Gasteiger partial charge on any atom is 0.157 e. The number of rotatable bonds is 2. The fourth-order valence-corrected chi connectivity index (χ4v) is 2.23. The van der Waals surface area contributed by atoms with Crippen LogP contribution in [0.1, 0.15) is 27.7 Å². The summed E-state index contributed by atoms with van der Waals surface area (Å²) in [5, 5.41) is 4.14. The van der Waals surface area contributed by atoms with Crippen molar-refractivity contribution >= 4 is 22.7 Å². The Morgan fingerprint density at radius 1 is 1.57 bits per heavy atom. The molecule has 14 heavy (non-hydrogen) atoms. The SMILES string of the molecule is CC(=O)C(NC1=NCCS1)C(C)(C)C. The van der Waals surface area contributed by atoms with E-state index in [1.165, 1.54) is 0 Å². The van der Waals surface area contributed by atoms with Crippen molar-refractivity contribution < 1.29 is 4.79 Å². The lowest BCUT2D eigenvalue weighted by Crippen LogP contribution is -2.47. The van der Waals surface area contributed by atoms with Crippen molar-refractivity contribution in [2.75, 3.05) is 12.3 Å². The largest absolute Gasteiger partial charge is 0.355 e. The molecular weight excluding hydrogens is 196 g/mol. The van der Waals surface area contributed by atoms with Crippen LogP contribution in [0.2, 0.25) is 0 Å². The first kappa shape index (κ1) is 11.6. The zero-order valence-corrected chi connectivity index (χ0v) is 10.1. The molecular formula is C10H18N2OS. The van der Waals surface area contributed by atoms with E-state index in [1.807, 2.05) is 0 Å². The van der Waals surface area contributed by atoms with E-state index >= 15 is 0 Å². The summed E-state index contributed by atoms with van der Waals surface area (Å²) in [5.41, 5.74) is -0.0580. The normalized spacial score (nSPS) is 19.0. The van der Waals surface area contributed by atoms with Crippen molar-refractivity contribution in [2.24, 2.45) is 10.4 Å². The average Bonchev–Trinajstić information content (AvgIpc) is 2.48. The maximum atomic E-state index is 11.5. The molecule has 1 aliphatic rings. The number of ketones is 1. The number of amidine groups is 1. The third-order valence-corrected chi connectivity index (χ3v) is 3.03. The van der Waals surface area contributed by atoms with Gasteiger partial charge in [0.2, 0.25) is 0 Å². The number of nitrogens with one attached hydrogen (secondary N) is 1. The fraction of sp³-hybridized carbons (Fsp3) is 0.800. The lowest BCUT2D eigenvalue weighted by atomic mass is 9.85. The predicted octanol–water partition coefficient (Wildman–Crippen LogP) is 1.68. The summed E-state index contributed by atoms with van der Waals surface area (Å²) in [5.74, 6) is 1.20. The number of carbonyl (C=O) groups is 1. The summed E-state index contributed by atoms with van der Waals surface area (Å²) in [6.45, 7) is 8.68. The molecule has 0 amide bonds. The van der Waals surface area contributed by atoms with Crippen LogP contribution in [0.4, 0.5) is 0 Å². The van der Waals surface area contributed by atoms with Crippen molar-refractivity contribution in [3.63, 3.8) is 0 Å². The van der Waals surface area contributed by atoms with E-state index in [-0.39, 0.29) is 17.2 Å². The molecule has 0 spiro atoms. The van der Waals surface area contributed by atoms with E-state index in [2.05, 4.69) is 31.1 Å². The topological polar surface area (TPSA) is 41.5 Å². The third-order valence-electron chi connectivity index (χ3n) is 2.13. The highest BCUT2D eigenvalue weighted by atomic mass is 32.2. The van der Waals surface area contributed by atoms with Gasteiger partial charge in [0.15, 0.2) is 11.0 Å². The van der Waals surface area contributed by atoms with Crippen LogP contribution in [0.25, 0.3) is 0 Å². The quantitative estimate of drug-likeness (QED) is 0.760. The highest BCUT2D eigenvalue weighted by Gasteiger charge is 2.29. The van der Waals surface area contributed by atoms with Gasteiger partial charge in [0.05, 0.1) is 12.6 Å². The van der Waals surface area contributed by atoms with Gasteiger partial charge in [0.25, 0.3) is 0 Å². The van der Waals surface area contributed by atoms with Crippen LogP contribution < -0.4 is 5.32 Å². The molecule has 4 heteroatoms. The van der Waals surface area contributed by atoms with Crippen molar-refractivity contribution in [1.82, 2.24) is 5.32 Å². The average molecular weight is 214 g/mol. The van der Waals surface area contributed by atoms with Crippen LogP contribution in [-0.4, -0.2) is 29.3 Å². The third kappa shape index (κ3) is 3.01. The van der Waals surface area contributed by atoms with Gasteiger partial charge in [0, 0.05) is 5.75 Å². The van der Waals surface area contributed by atoms with Crippen molar-refractivity contribution in [2.45, 2.75) is 33.7 Å². The summed E-state index contributed by atoms with van der Waals surface area (Å²) in [4.78, 5) is 15.7. The summed E-state index contributed by atoms with van der Waals surface area (Å²) in [6, 6.07) is -0.133. The summed E-state index contributed by atoms with van der Waals surface area (Å²) in [6.07, 6.45) is 0. The van der Waals surface area contributed by atoms with Gasteiger partial charge in [-0.05, 0) is 12.3 Å². The minimum absolute atomic E-state index is 0.0580. The van der Waals surface area contributed by atoms with Crippen molar-refractivity contribution in [3.8, 4) is 0 Å². The maximum absolute atomic E-state index is 11.5. The molecule has 1 aliphatic heterocycles. The molecule has 0 aromatic heterocycles. The summed E-state index contributed by atoms with van der Waals surface area (Å²) < 4.78 is 0. The first-order valence-corrected chi connectivity index (χ1v) is 5.84. The molecule has 1 N–H and O–H groups in total. The monoisotopic (exact) mass is 214 g/mol. The molecule has 0 fully saturated rings. The Morgan fingerprint density at radius 3 is 2.57 bits per heavy atom. The molecule has 0 aromatic rings. The number of hydrogen-bond donors (Lipinski definition) is 1. The molecule has 1 rings (SSSR count). The lowest BCUT2D eigenvalue weighted by Gasteiger charge is -2.29. The minimum Gasteiger partial charge on any atom is -0.355 e. The van der Waals surface area contributed by atoms with Gasteiger partial charge >= 0.3 is 0 Å². The van der Waals surface area contributed by atoms with Crippen molar-refractivity contribution in [3.05, 3.63) is 0 Å². The minimum atomic E-state index is -0.133. The summed E-state index contributed by atoms with van der Waals surface area (Å²) in [7, 11) is 0. The first-order chi connectivity index (χ1) is 6.41. The number of carbonyl (C=O) groups excluding carboxylic acids is 1. The standard InChI is InChI=1S/C10H18N2OS/c1-7(13)8(10(2,3)4)12-9-11-5-6-14-9/h8H,5-6H2,1-4H3,(H,11,12). The number of Topliss-reactive ketones (excluding diaryl/α,β-unsaturated/α-hetero) is 1. The number of hydrogen-bond acceptors (Lipinski definition) is 4. The van der Waals surface area contributed by atoms with Gasteiger partial charge in [-0.25, -0.2) is 0 Å². The fourth-order valence-electron chi connectivity index (χ4n) is 1.47. The second-order valence-electron chi connectivity index (χ2n) is 4.59. The van der Waals surface area contributed by atoms with E-state index in [9.17, 15) is 4.79 Å². The highest BCUT2D eigenvalue weighted by molar-refractivity contribution is 8.14. The highest BCUT2D eigenvalue weighted by Crippen LogP contribution is 2.21. The number of nitrogens with zero attached hydrogens (tertiary/aromatic N) is 1. The molecule has 1 atom stereocenters. The molecule has 1 heterocycles. The molecule has 0 aliphatic carbocycles. The Hall–Kier alpha value is -0.510. The molecule has 0 saturated carbocycles. The van der Waals surface area contributed by atoms with Crippen LogP contribution in [0.3, 0.4) is 0 Å².